The first-order valence-electron chi connectivity index (χ1n) is 7.01. The Bertz CT molecular complexity index is 613. The van der Waals surface area contributed by atoms with Gasteiger partial charge in [0.1, 0.15) is 0 Å². The topological polar surface area (TPSA) is 35.8 Å². The van der Waals surface area contributed by atoms with E-state index >= 15 is 0 Å². The molecule has 0 aromatic heterocycles. The van der Waals surface area contributed by atoms with E-state index < -0.39 is 11.7 Å². The van der Waals surface area contributed by atoms with Gasteiger partial charge >= 0.3 is 6.18 Å². The second-order valence-corrected chi connectivity index (χ2v) is 5.79. The van der Waals surface area contributed by atoms with Gasteiger partial charge in [-0.25, -0.2) is 0 Å². The van der Waals surface area contributed by atoms with Crippen LogP contribution in [-0.4, -0.2) is 6.54 Å². The van der Waals surface area contributed by atoms with Crippen LogP contribution in [0.15, 0.2) is 30.4 Å². The lowest BCUT2D eigenvalue weighted by molar-refractivity contribution is -0.137. The highest BCUT2D eigenvalue weighted by Gasteiger charge is 2.36. The zero-order chi connectivity index (χ0) is 15.0. The van der Waals surface area contributed by atoms with Gasteiger partial charge in [0, 0.05) is 12.2 Å². The van der Waals surface area contributed by atoms with E-state index in [0.717, 1.165) is 12.5 Å². The van der Waals surface area contributed by atoms with Gasteiger partial charge < -0.3 is 5.32 Å². The number of hydrogen-bond acceptors (Lipinski definition) is 2. The van der Waals surface area contributed by atoms with Crippen molar-refractivity contribution in [2.45, 2.75) is 19.0 Å². The number of fused-ring (bicyclic) bond motifs is 2. The van der Waals surface area contributed by atoms with Crippen molar-refractivity contribution in [3.05, 3.63) is 41.5 Å². The van der Waals surface area contributed by atoms with E-state index in [0.29, 0.717) is 30.0 Å². The molecular weight excluding hydrogens is 277 g/mol. The molecule has 3 rings (SSSR count). The molecule has 1 aromatic rings. The molecule has 110 valence electrons. The minimum atomic E-state index is -4.50. The number of hydrogen-bond donors (Lipinski definition) is 1. The Balaban J connectivity index is 1.72. The maximum Gasteiger partial charge on any atom is 0.417 e. The summed E-state index contributed by atoms with van der Waals surface area (Å²) in [4.78, 5) is 0. The minimum absolute atomic E-state index is 0.337. The molecule has 0 amide bonds. The molecule has 0 radical (unpaired) electrons. The van der Waals surface area contributed by atoms with Gasteiger partial charge in [-0.15, -0.1) is 0 Å². The molecule has 1 N–H and O–H groups in total. The van der Waals surface area contributed by atoms with E-state index in [1.54, 1.807) is 6.07 Å². The molecule has 5 heteroatoms. The van der Waals surface area contributed by atoms with Gasteiger partial charge in [-0.05, 0) is 48.8 Å². The summed E-state index contributed by atoms with van der Waals surface area (Å²) >= 11 is 0. The second kappa shape index (κ2) is 5.10. The minimum Gasteiger partial charge on any atom is -0.385 e. The maximum atomic E-state index is 12.9. The fourth-order valence-corrected chi connectivity index (χ4v) is 3.36. The first kappa shape index (κ1) is 14.0. The molecule has 0 aliphatic heterocycles. The van der Waals surface area contributed by atoms with Crippen molar-refractivity contribution in [1.82, 2.24) is 0 Å². The molecule has 1 aromatic carbocycles. The summed E-state index contributed by atoms with van der Waals surface area (Å²) in [6.07, 6.45) is 2.24. The summed E-state index contributed by atoms with van der Waals surface area (Å²) in [5.41, 5.74) is -0.785. The van der Waals surface area contributed by atoms with Crippen LogP contribution in [-0.2, 0) is 6.18 Å². The van der Waals surface area contributed by atoms with Crippen LogP contribution in [0.1, 0.15) is 24.0 Å². The Morgan fingerprint density at radius 1 is 1.24 bits per heavy atom. The van der Waals surface area contributed by atoms with E-state index in [-0.39, 0.29) is 5.56 Å². The normalized spacial score (nSPS) is 26.9. The van der Waals surface area contributed by atoms with E-state index in [4.69, 9.17) is 5.26 Å². The number of nitrogens with one attached hydrogen (secondary N) is 1. The fraction of sp³-hybridized carbons (Fsp3) is 0.438. The summed E-state index contributed by atoms with van der Waals surface area (Å²) in [5, 5.41) is 11.9. The molecule has 2 aliphatic rings. The number of halogens is 3. The highest BCUT2D eigenvalue weighted by Crippen LogP contribution is 2.43. The Morgan fingerprint density at radius 2 is 2.05 bits per heavy atom. The number of rotatable bonds is 3. The third-order valence-electron chi connectivity index (χ3n) is 4.43. The van der Waals surface area contributed by atoms with Gasteiger partial charge in [0.05, 0.1) is 17.2 Å². The zero-order valence-corrected chi connectivity index (χ0v) is 11.3. The average molecular weight is 292 g/mol. The molecule has 1 saturated carbocycles. The van der Waals surface area contributed by atoms with Gasteiger partial charge in [-0.3, -0.25) is 0 Å². The number of benzene rings is 1. The molecule has 1 fully saturated rings. The van der Waals surface area contributed by atoms with Crippen molar-refractivity contribution in [1.29, 1.82) is 5.26 Å². The van der Waals surface area contributed by atoms with Gasteiger partial charge in [-0.2, -0.15) is 18.4 Å². The standard InChI is InChI=1S/C16H15F3N2/c17-16(18,19)15-7-14(4-3-12(15)8-20)21-9-13-6-10-1-2-11(13)5-10/h1-4,7,10-11,13,21H,5-6,9H2. The molecule has 0 heterocycles. The quantitative estimate of drug-likeness (QED) is 0.847. The predicted octanol–water partition coefficient (Wildman–Crippen LogP) is 4.20. The van der Waals surface area contributed by atoms with Crippen molar-refractivity contribution < 1.29 is 13.2 Å². The smallest absolute Gasteiger partial charge is 0.385 e. The number of nitrogens with zero attached hydrogens (tertiary/aromatic N) is 1. The monoisotopic (exact) mass is 292 g/mol. The number of nitriles is 1. The summed E-state index contributed by atoms with van der Waals surface area (Å²) in [6.45, 7) is 0.675. The molecule has 2 bridgehead atoms. The summed E-state index contributed by atoms with van der Waals surface area (Å²) in [5.74, 6) is 1.70. The van der Waals surface area contributed by atoms with Crippen LogP contribution in [0.5, 0.6) is 0 Å². The van der Waals surface area contributed by atoms with Crippen LogP contribution in [0.3, 0.4) is 0 Å². The third-order valence-corrected chi connectivity index (χ3v) is 4.43. The Labute approximate surface area is 121 Å². The Morgan fingerprint density at radius 3 is 2.62 bits per heavy atom. The first-order valence-corrected chi connectivity index (χ1v) is 7.01. The van der Waals surface area contributed by atoms with Crippen molar-refractivity contribution in [3.8, 4) is 6.07 Å². The lowest BCUT2D eigenvalue weighted by Crippen LogP contribution is -2.18. The van der Waals surface area contributed by atoms with Crippen molar-refractivity contribution in [3.63, 3.8) is 0 Å². The molecule has 2 nitrogen and oxygen atoms in total. The molecule has 21 heavy (non-hydrogen) atoms. The molecule has 0 spiro atoms. The Kier molecular flexibility index (Phi) is 3.40. The van der Waals surface area contributed by atoms with Gasteiger partial charge in [0.25, 0.3) is 0 Å². The van der Waals surface area contributed by atoms with Gasteiger partial charge in [0.2, 0.25) is 0 Å². The lowest BCUT2D eigenvalue weighted by Gasteiger charge is -2.20. The average Bonchev–Trinajstić information content (AvgIpc) is 3.06. The van der Waals surface area contributed by atoms with E-state index in [1.165, 1.54) is 18.6 Å². The second-order valence-electron chi connectivity index (χ2n) is 5.79. The van der Waals surface area contributed by atoms with Gasteiger partial charge in [-0.1, -0.05) is 12.2 Å². The molecule has 2 aliphatic carbocycles. The maximum absolute atomic E-state index is 12.9. The molecule has 3 unspecified atom stereocenters. The molecule has 3 atom stereocenters. The highest BCUT2D eigenvalue weighted by atomic mass is 19.4. The number of allylic oxidation sites excluding steroid dienone is 2. The highest BCUT2D eigenvalue weighted by molar-refractivity contribution is 5.53. The number of anilines is 1. The van der Waals surface area contributed by atoms with Crippen molar-refractivity contribution >= 4 is 5.69 Å². The summed E-state index contributed by atoms with van der Waals surface area (Å²) in [7, 11) is 0. The van der Waals surface area contributed by atoms with Crippen LogP contribution in [0.2, 0.25) is 0 Å². The van der Waals surface area contributed by atoms with E-state index in [2.05, 4.69) is 17.5 Å². The number of alkyl halides is 3. The van der Waals surface area contributed by atoms with Crippen LogP contribution in [0.4, 0.5) is 18.9 Å². The fourth-order valence-electron chi connectivity index (χ4n) is 3.36. The van der Waals surface area contributed by atoms with Crippen molar-refractivity contribution in [2.24, 2.45) is 17.8 Å². The van der Waals surface area contributed by atoms with Crippen LogP contribution in [0, 0.1) is 29.1 Å². The Hall–Kier alpha value is -1.96. The summed E-state index contributed by atoms with van der Waals surface area (Å²) < 4.78 is 38.7. The summed E-state index contributed by atoms with van der Waals surface area (Å²) in [6, 6.07) is 5.39. The van der Waals surface area contributed by atoms with Crippen LogP contribution >= 0.6 is 0 Å². The van der Waals surface area contributed by atoms with E-state index in [1.807, 2.05) is 0 Å². The largest absolute Gasteiger partial charge is 0.417 e. The molecule has 0 saturated heterocycles. The van der Waals surface area contributed by atoms with Crippen LogP contribution < -0.4 is 5.32 Å². The van der Waals surface area contributed by atoms with Crippen LogP contribution in [0.25, 0.3) is 0 Å². The SMILES string of the molecule is N#Cc1ccc(NCC2CC3C=CC2C3)cc1C(F)(F)F. The molecular formula is C16H15F3N2. The zero-order valence-electron chi connectivity index (χ0n) is 11.3. The van der Waals surface area contributed by atoms with E-state index in [9.17, 15) is 13.2 Å². The predicted molar refractivity (Wildman–Crippen MR) is 73.5 cm³/mol. The first-order chi connectivity index (χ1) is 9.97. The van der Waals surface area contributed by atoms with Gasteiger partial charge in [0.15, 0.2) is 0 Å². The lowest BCUT2D eigenvalue weighted by atomic mass is 9.93. The third kappa shape index (κ3) is 2.76. The van der Waals surface area contributed by atoms with Crippen molar-refractivity contribution in [2.75, 3.05) is 11.9 Å².